The Morgan fingerprint density at radius 2 is 2.03 bits per heavy atom. The Balaban J connectivity index is 2.01. The van der Waals surface area contributed by atoms with Crippen molar-refractivity contribution in [1.29, 1.82) is 5.26 Å². The Morgan fingerprint density at radius 3 is 2.58 bits per heavy atom. The van der Waals surface area contributed by atoms with Crippen molar-refractivity contribution >= 4 is 17.2 Å². The molecule has 0 unspecified atom stereocenters. The van der Waals surface area contributed by atoms with Gasteiger partial charge in [-0.15, -0.1) is 11.3 Å². The number of aromatic nitrogens is 1. The van der Waals surface area contributed by atoms with Gasteiger partial charge in [0.05, 0.1) is 29.7 Å². The predicted molar refractivity (Wildman–Crippen MR) is 111 cm³/mol. The summed E-state index contributed by atoms with van der Waals surface area (Å²) in [6.45, 7) is 5.50. The number of hydrogen-bond donors (Lipinski definition) is 0. The number of halogens is 3. The molecule has 1 saturated carbocycles. The normalized spacial score (nSPS) is 15.5. The molecule has 0 atom stereocenters. The first-order chi connectivity index (χ1) is 14.5. The topological polar surface area (TPSA) is 67.4 Å². The third kappa shape index (κ3) is 5.97. The Hall–Kier alpha value is -2.60. The molecule has 1 amide bonds. The van der Waals surface area contributed by atoms with Crippen molar-refractivity contribution < 1.29 is 22.7 Å². The Bertz CT molecular complexity index is 1070. The highest BCUT2D eigenvalue weighted by atomic mass is 32.1. The maximum absolute atomic E-state index is 13.0. The van der Waals surface area contributed by atoms with Gasteiger partial charge in [-0.2, -0.15) is 23.4 Å². The van der Waals surface area contributed by atoms with Crippen molar-refractivity contribution in [1.82, 2.24) is 4.57 Å². The van der Waals surface area contributed by atoms with Gasteiger partial charge in [-0.05, 0) is 42.9 Å². The number of benzene rings is 1. The smallest absolute Gasteiger partial charge is 0.390 e. The van der Waals surface area contributed by atoms with Crippen molar-refractivity contribution in [2.24, 2.45) is 4.99 Å². The van der Waals surface area contributed by atoms with Crippen LogP contribution in [0.25, 0.3) is 0 Å². The van der Waals surface area contributed by atoms with Crippen molar-refractivity contribution in [3.8, 4) is 11.8 Å². The van der Waals surface area contributed by atoms with E-state index in [0.29, 0.717) is 5.75 Å². The van der Waals surface area contributed by atoms with Crippen LogP contribution in [0.1, 0.15) is 67.3 Å². The van der Waals surface area contributed by atoms with E-state index >= 15 is 0 Å². The quantitative estimate of drug-likeness (QED) is 0.616. The van der Waals surface area contributed by atoms with Crippen LogP contribution in [0.4, 0.5) is 13.2 Å². The first kappa shape index (κ1) is 23.1. The lowest BCUT2D eigenvalue weighted by molar-refractivity contribution is -0.136. The van der Waals surface area contributed by atoms with E-state index in [1.165, 1.54) is 22.0 Å². The molecule has 1 heterocycles. The molecule has 2 aromatic rings. The zero-order valence-electron chi connectivity index (χ0n) is 17.6. The van der Waals surface area contributed by atoms with Gasteiger partial charge in [0.15, 0.2) is 4.80 Å². The van der Waals surface area contributed by atoms with Crippen molar-refractivity contribution in [3.63, 3.8) is 0 Å². The third-order valence-electron chi connectivity index (χ3n) is 4.98. The zero-order chi connectivity index (χ0) is 22.8. The number of carbonyl (C=O) groups is 1. The first-order valence-corrected chi connectivity index (χ1v) is 10.9. The predicted octanol–water partition coefficient (Wildman–Crippen LogP) is 5.34. The largest absolute Gasteiger partial charge is 0.490 e. The molecule has 1 aromatic carbocycles. The Morgan fingerprint density at radius 1 is 1.32 bits per heavy atom. The first-order valence-electron chi connectivity index (χ1n) is 10.0. The second kappa shape index (κ2) is 8.87. The number of amides is 1. The van der Waals surface area contributed by atoms with Gasteiger partial charge in [0, 0.05) is 17.6 Å². The van der Waals surface area contributed by atoms with Crippen LogP contribution < -0.4 is 9.54 Å². The average Bonchev–Trinajstić information content (AvgIpc) is 3.05. The maximum atomic E-state index is 13.0. The van der Waals surface area contributed by atoms with Gasteiger partial charge in [0.25, 0.3) is 5.91 Å². The van der Waals surface area contributed by atoms with Crippen molar-refractivity contribution in [2.45, 2.75) is 70.7 Å². The lowest BCUT2D eigenvalue weighted by atomic mass is 9.95. The maximum Gasteiger partial charge on any atom is 0.390 e. The van der Waals surface area contributed by atoms with Gasteiger partial charge in [0.1, 0.15) is 5.75 Å². The minimum absolute atomic E-state index is 0.0189. The molecule has 0 spiro atoms. The number of rotatable bonds is 5. The van der Waals surface area contributed by atoms with Crippen LogP contribution in [-0.4, -0.2) is 22.8 Å². The van der Waals surface area contributed by atoms with Gasteiger partial charge >= 0.3 is 6.18 Å². The van der Waals surface area contributed by atoms with Crippen LogP contribution >= 0.6 is 11.3 Å². The fourth-order valence-corrected chi connectivity index (χ4v) is 3.98. The molecule has 0 aliphatic heterocycles. The van der Waals surface area contributed by atoms with Crippen LogP contribution in [0.3, 0.4) is 0 Å². The van der Waals surface area contributed by atoms with Gasteiger partial charge in [-0.3, -0.25) is 4.79 Å². The molecule has 5 nitrogen and oxygen atoms in total. The molecule has 166 valence electrons. The number of thiazole rings is 1. The van der Waals surface area contributed by atoms with E-state index in [-0.39, 0.29) is 34.0 Å². The summed E-state index contributed by atoms with van der Waals surface area (Å²) in [6, 6.07) is 6.55. The van der Waals surface area contributed by atoms with Crippen molar-refractivity contribution in [3.05, 3.63) is 45.2 Å². The lowest BCUT2D eigenvalue weighted by Gasteiger charge is -2.27. The molecule has 9 heteroatoms. The summed E-state index contributed by atoms with van der Waals surface area (Å²) in [6.07, 6.45) is -0.856. The second-order valence-electron chi connectivity index (χ2n) is 8.60. The number of nitriles is 1. The fraction of sp³-hybridized carbons (Fsp3) is 0.500. The highest BCUT2D eigenvalue weighted by Gasteiger charge is 2.28. The van der Waals surface area contributed by atoms with Crippen molar-refractivity contribution in [2.75, 3.05) is 0 Å². The highest BCUT2D eigenvalue weighted by molar-refractivity contribution is 7.09. The molecular formula is C22H24F3N3O2S. The minimum atomic E-state index is -4.32. The second-order valence-corrected chi connectivity index (χ2v) is 9.61. The lowest BCUT2D eigenvalue weighted by Crippen LogP contribution is -2.25. The molecule has 31 heavy (non-hydrogen) atoms. The molecule has 0 bridgehead atoms. The monoisotopic (exact) mass is 451 g/mol. The van der Waals surface area contributed by atoms with Crippen LogP contribution in [-0.2, 0) is 12.0 Å². The molecule has 3 rings (SSSR count). The number of alkyl halides is 3. The molecule has 1 fully saturated rings. The summed E-state index contributed by atoms with van der Waals surface area (Å²) < 4.78 is 45.6. The standard InChI is InChI=1S/C22H24F3N3O2S/c1-21(2,3)18-13-28(10-9-22(23,24)25)20(31-18)27-19(29)16-11-14(12-26)7-8-17(16)30-15-5-4-6-15/h7-8,11,13,15H,4-6,9-10H2,1-3H3. The average molecular weight is 452 g/mol. The number of nitrogens with zero attached hydrogens (tertiary/aromatic N) is 3. The summed E-state index contributed by atoms with van der Waals surface area (Å²) in [5.41, 5.74) is 0.116. The summed E-state index contributed by atoms with van der Waals surface area (Å²) in [4.78, 5) is 18.2. The third-order valence-corrected chi connectivity index (χ3v) is 6.42. The van der Waals surface area contributed by atoms with Gasteiger partial charge in [-0.1, -0.05) is 20.8 Å². The molecule has 1 aromatic heterocycles. The summed E-state index contributed by atoms with van der Waals surface area (Å²) in [5, 5.41) is 9.21. The number of hydrogen-bond acceptors (Lipinski definition) is 4. The molecular weight excluding hydrogens is 427 g/mol. The number of aryl methyl sites for hydroxylation is 1. The van der Waals surface area contributed by atoms with E-state index in [9.17, 15) is 23.2 Å². The van der Waals surface area contributed by atoms with E-state index < -0.39 is 18.5 Å². The van der Waals surface area contributed by atoms with Crippen LogP contribution in [0.5, 0.6) is 5.75 Å². The van der Waals surface area contributed by atoms with Gasteiger partial charge < -0.3 is 9.30 Å². The Labute approximate surface area is 182 Å². The van der Waals surface area contributed by atoms with Crippen LogP contribution in [0.2, 0.25) is 0 Å². The molecule has 0 radical (unpaired) electrons. The van der Waals surface area contributed by atoms with E-state index in [2.05, 4.69) is 4.99 Å². The molecule has 1 aliphatic carbocycles. The number of carbonyl (C=O) groups excluding carboxylic acids is 1. The Kier molecular flexibility index (Phi) is 6.60. The summed E-state index contributed by atoms with van der Waals surface area (Å²) >= 11 is 1.19. The molecule has 0 saturated heterocycles. The van der Waals surface area contributed by atoms with E-state index in [1.807, 2.05) is 26.8 Å². The number of ether oxygens (including phenoxy) is 1. The zero-order valence-corrected chi connectivity index (χ0v) is 18.4. The van der Waals surface area contributed by atoms with Crippen LogP contribution in [0.15, 0.2) is 29.4 Å². The molecule has 1 aliphatic rings. The fourth-order valence-electron chi connectivity index (χ4n) is 2.91. The summed E-state index contributed by atoms with van der Waals surface area (Å²) in [5.74, 6) is -0.304. The summed E-state index contributed by atoms with van der Waals surface area (Å²) in [7, 11) is 0. The SMILES string of the molecule is CC(C)(C)c1cn(CCC(F)(F)F)c(=NC(=O)c2cc(C#N)ccc2OC2CCC2)s1. The van der Waals surface area contributed by atoms with Gasteiger partial charge in [-0.25, -0.2) is 0 Å². The van der Waals surface area contributed by atoms with Crippen LogP contribution in [0, 0.1) is 11.3 Å². The van der Waals surface area contributed by atoms with E-state index in [1.54, 1.807) is 18.3 Å². The highest BCUT2D eigenvalue weighted by Crippen LogP contribution is 2.29. The van der Waals surface area contributed by atoms with E-state index in [0.717, 1.165) is 24.1 Å². The minimum Gasteiger partial charge on any atom is -0.490 e. The van der Waals surface area contributed by atoms with Gasteiger partial charge in [0.2, 0.25) is 0 Å². The molecule has 0 N–H and O–H groups in total. The van der Waals surface area contributed by atoms with E-state index in [4.69, 9.17) is 4.74 Å².